The minimum atomic E-state index is -0.771. The van der Waals surface area contributed by atoms with Gasteiger partial charge in [0.1, 0.15) is 5.92 Å². The molecule has 15 heavy (non-hydrogen) atoms. The molecule has 1 aliphatic carbocycles. The van der Waals surface area contributed by atoms with Crippen LogP contribution in [0.3, 0.4) is 0 Å². The molecule has 78 valence electrons. The summed E-state index contributed by atoms with van der Waals surface area (Å²) < 4.78 is 4.63. The van der Waals surface area contributed by atoms with Crippen molar-refractivity contribution < 1.29 is 14.3 Å². The molecule has 0 aromatic carbocycles. The van der Waals surface area contributed by atoms with Crippen molar-refractivity contribution in [2.24, 2.45) is 0 Å². The zero-order valence-corrected chi connectivity index (χ0v) is 8.40. The number of aromatic nitrogens is 1. The van der Waals surface area contributed by atoms with Gasteiger partial charge in [0.05, 0.1) is 7.11 Å². The molecule has 0 fully saturated rings. The number of methoxy groups -OCH3 is 1. The number of rotatable bonds is 1. The number of pyridine rings is 1. The van der Waals surface area contributed by atoms with Crippen LogP contribution in [-0.4, -0.2) is 23.8 Å². The fourth-order valence-electron chi connectivity index (χ4n) is 1.87. The monoisotopic (exact) mass is 205 g/mol. The van der Waals surface area contributed by atoms with Crippen LogP contribution in [0.2, 0.25) is 0 Å². The summed E-state index contributed by atoms with van der Waals surface area (Å²) in [7, 11) is 1.29. The van der Waals surface area contributed by atoms with Gasteiger partial charge in [0, 0.05) is 18.8 Å². The second-order valence-electron chi connectivity index (χ2n) is 3.50. The summed E-state index contributed by atoms with van der Waals surface area (Å²) in [5.74, 6) is -1.34. The fourth-order valence-corrected chi connectivity index (χ4v) is 1.87. The van der Waals surface area contributed by atoms with Crippen LogP contribution >= 0.6 is 0 Å². The largest absolute Gasteiger partial charge is 0.468 e. The molecule has 4 nitrogen and oxygen atoms in total. The average molecular weight is 205 g/mol. The topological polar surface area (TPSA) is 56.3 Å². The molecule has 1 aromatic heterocycles. The molecule has 0 radical (unpaired) electrons. The van der Waals surface area contributed by atoms with Crippen molar-refractivity contribution in [1.82, 2.24) is 4.98 Å². The Morgan fingerprint density at radius 3 is 3.07 bits per heavy atom. The van der Waals surface area contributed by atoms with E-state index in [9.17, 15) is 9.59 Å². The first kappa shape index (κ1) is 9.83. The maximum atomic E-state index is 11.6. The summed E-state index contributed by atoms with van der Waals surface area (Å²) in [6, 6.07) is 1.84. The van der Waals surface area contributed by atoms with Crippen molar-refractivity contribution in [2.75, 3.05) is 7.11 Å². The molecule has 1 aromatic rings. The molecule has 4 heteroatoms. The minimum Gasteiger partial charge on any atom is -0.468 e. The van der Waals surface area contributed by atoms with E-state index in [0.29, 0.717) is 18.4 Å². The van der Waals surface area contributed by atoms with E-state index in [1.807, 2.05) is 6.07 Å². The van der Waals surface area contributed by atoms with E-state index in [2.05, 4.69) is 9.72 Å². The zero-order valence-electron chi connectivity index (χ0n) is 8.40. The lowest BCUT2D eigenvalue weighted by Crippen LogP contribution is -2.28. The van der Waals surface area contributed by atoms with Crippen LogP contribution in [0.5, 0.6) is 0 Å². The molecular weight excluding hydrogens is 194 g/mol. The third kappa shape index (κ3) is 1.63. The molecule has 0 spiro atoms. The van der Waals surface area contributed by atoms with E-state index in [-0.39, 0.29) is 5.78 Å². The Morgan fingerprint density at radius 1 is 1.53 bits per heavy atom. The summed E-state index contributed by atoms with van der Waals surface area (Å²) in [4.78, 5) is 27.0. The fraction of sp³-hybridized carbons (Fsp3) is 0.364. The van der Waals surface area contributed by atoms with Crippen LogP contribution < -0.4 is 0 Å². The molecule has 1 heterocycles. The van der Waals surface area contributed by atoms with Crippen LogP contribution in [0, 0.1) is 0 Å². The van der Waals surface area contributed by atoms with Gasteiger partial charge in [0.2, 0.25) is 0 Å². The summed E-state index contributed by atoms with van der Waals surface area (Å²) in [5.41, 5.74) is 1.71. The second kappa shape index (κ2) is 3.81. The van der Waals surface area contributed by atoms with Gasteiger partial charge in [0.15, 0.2) is 5.78 Å². The maximum Gasteiger partial charge on any atom is 0.320 e. The molecule has 0 bridgehead atoms. The van der Waals surface area contributed by atoms with E-state index in [1.54, 1.807) is 12.4 Å². The highest BCUT2D eigenvalue weighted by Crippen LogP contribution is 2.28. The Bertz CT molecular complexity index is 414. The minimum absolute atomic E-state index is 0.0812. The number of aryl methyl sites for hydroxylation is 1. The molecule has 0 saturated carbocycles. The highest BCUT2D eigenvalue weighted by molar-refractivity contribution is 6.05. The van der Waals surface area contributed by atoms with Crippen molar-refractivity contribution in [3.63, 3.8) is 0 Å². The molecular formula is C11H11NO3. The predicted octanol–water partition coefficient (Wildman–Crippen LogP) is 0.853. The third-order valence-electron chi connectivity index (χ3n) is 2.66. The molecule has 0 N–H and O–H groups in total. The van der Waals surface area contributed by atoms with Crippen molar-refractivity contribution in [1.29, 1.82) is 0 Å². The lowest BCUT2D eigenvalue weighted by molar-refractivity contribution is -0.146. The van der Waals surface area contributed by atoms with Crippen LogP contribution in [0.25, 0.3) is 0 Å². The summed E-state index contributed by atoms with van der Waals surface area (Å²) in [6.45, 7) is 0. The Kier molecular flexibility index (Phi) is 2.49. The average Bonchev–Trinajstić information content (AvgIpc) is 2.28. The van der Waals surface area contributed by atoms with Gasteiger partial charge >= 0.3 is 5.97 Å². The van der Waals surface area contributed by atoms with E-state index < -0.39 is 11.9 Å². The van der Waals surface area contributed by atoms with Gasteiger partial charge in [-0.25, -0.2) is 0 Å². The standard InChI is InChI=1S/C11H11NO3/c1-15-11(14)10-8-6-12-5-4-7(8)2-3-9(10)13/h4-6,10H,2-3H2,1H3. The van der Waals surface area contributed by atoms with E-state index in [0.717, 1.165) is 5.56 Å². The Balaban J connectivity index is 2.46. The molecule has 0 saturated heterocycles. The summed E-state index contributed by atoms with van der Waals surface area (Å²) >= 11 is 0. The normalized spacial score (nSPS) is 19.5. The van der Waals surface area contributed by atoms with Crippen LogP contribution in [0.15, 0.2) is 18.5 Å². The number of carbonyl (C=O) groups excluding carboxylic acids is 2. The third-order valence-corrected chi connectivity index (χ3v) is 2.66. The van der Waals surface area contributed by atoms with Crippen LogP contribution in [-0.2, 0) is 20.7 Å². The summed E-state index contributed by atoms with van der Waals surface area (Å²) in [6.07, 6.45) is 4.33. The van der Waals surface area contributed by atoms with E-state index in [1.165, 1.54) is 7.11 Å². The van der Waals surface area contributed by atoms with Gasteiger partial charge in [-0.3, -0.25) is 14.6 Å². The molecule has 1 atom stereocenters. The number of fused-ring (bicyclic) bond motifs is 1. The van der Waals surface area contributed by atoms with Gasteiger partial charge in [-0.05, 0) is 23.6 Å². The molecule has 1 unspecified atom stereocenters. The molecule has 0 amide bonds. The summed E-state index contributed by atoms with van der Waals surface area (Å²) in [5, 5.41) is 0. The first-order valence-electron chi connectivity index (χ1n) is 4.77. The van der Waals surface area contributed by atoms with Crippen molar-refractivity contribution in [2.45, 2.75) is 18.8 Å². The van der Waals surface area contributed by atoms with Gasteiger partial charge in [-0.15, -0.1) is 0 Å². The number of ketones is 1. The number of carbonyl (C=O) groups is 2. The quantitative estimate of drug-likeness (QED) is 0.504. The lowest BCUT2D eigenvalue weighted by atomic mass is 9.83. The number of nitrogens with zero attached hydrogens (tertiary/aromatic N) is 1. The van der Waals surface area contributed by atoms with Crippen molar-refractivity contribution >= 4 is 11.8 Å². The highest BCUT2D eigenvalue weighted by Gasteiger charge is 2.34. The maximum absolute atomic E-state index is 11.6. The Labute approximate surface area is 87.3 Å². The van der Waals surface area contributed by atoms with Crippen molar-refractivity contribution in [3.05, 3.63) is 29.6 Å². The predicted molar refractivity (Wildman–Crippen MR) is 52.3 cm³/mol. The van der Waals surface area contributed by atoms with E-state index in [4.69, 9.17) is 0 Å². The molecule has 2 rings (SSSR count). The van der Waals surface area contributed by atoms with Gasteiger partial charge in [-0.2, -0.15) is 0 Å². The van der Waals surface area contributed by atoms with Crippen LogP contribution in [0.1, 0.15) is 23.5 Å². The first-order valence-corrected chi connectivity index (χ1v) is 4.77. The SMILES string of the molecule is COC(=O)C1C(=O)CCc2ccncc21. The van der Waals surface area contributed by atoms with Crippen molar-refractivity contribution in [3.8, 4) is 0 Å². The Hall–Kier alpha value is -1.71. The number of hydrogen-bond donors (Lipinski definition) is 0. The highest BCUT2D eigenvalue weighted by atomic mass is 16.5. The molecule has 1 aliphatic rings. The zero-order chi connectivity index (χ0) is 10.8. The van der Waals surface area contributed by atoms with E-state index >= 15 is 0 Å². The van der Waals surface area contributed by atoms with Crippen LogP contribution in [0.4, 0.5) is 0 Å². The number of Topliss-reactive ketones (excluding diaryl/α,β-unsaturated/α-hetero) is 1. The second-order valence-corrected chi connectivity index (χ2v) is 3.50. The van der Waals surface area contributed by atoms with Gasteiger partial charge in [-0.1, -0.05) is 0 Å². The number of hydrogen-bond acceptors (Lipinski definition) is 4. The number of esters is 1. The number of ether oxygens (including phenoxy) is 1. The first-order chi connectivity index (χ1) is 7.24. The molecule has 0 aliphatic heterocycles. The smallest absolute Gasteiger partial charge is 0.320 e. The van der Waals surface area contributed by atoms with Gasteiger partial charge < -0.3 is 4.74 Å². The lowest BCUT2D eigenvalue weighted by Gasteiger charge is -2.21. The Morgan fingerprint density at radius 2 is 2.33 bits per heavy atom. The van der Waals surface area contributed by atoms with Gasteiger partial charge in [0.25, 0.3) is 0 Å².